The Morgan fingerprint density at radius 1 is 1.26 bits per heavy atom. The third-order valence-electron chi connectivity index (χ3n) is 7.74. The van der Waals surface area contributed by atoms with Crippen LogP contribution in [0.15, 0.2) is 36.7 Å². The number of ether oxygens (including phenoxy) is 3. The minimum Gasteiger partial charge on any atom is -0.488 e. The van der Waals surface area contributed by atoms with Crippen molar-refractivity contribution >= 4 is 28.9 Å². The predicted octanol–water partition coefficient (Wildman–Crippen LogP) is 5.38. The van der Waals surface area contributed by atoms with Crippen LogP contribution in [-0.2, 0) is 21.3 Å². The van der Waals surface area contributed by atoms with Crippen LogP contribution in [0.1, 0.15) is 55.2 Å². The number of aromatic amines is 1. The van der Waals surface area contributed by atoms with E-state index in [0.717, 1.165) is 53.2 Å². The van der Waals surface area contributed by atoms with Crippen LogP contribution < -0.4 is 15.4 Å². The smallest absolute Gasteiger partial charge is 0.255 e. The van der Waals surface area contributed by atoms with Crippen molar-refractivity contribution in [2.75, 3.05) is 31.7 Å². The van der Waals surface area contributed by atoms with E-state index in [2.05, 4.69) is 27.5 Å². The van der Waals surface area contributed by atoms with Gasteiger partial charge in [-0.05, 0) is 56.9 Å². The molecule has 1 spiro atoms. The summed E-state index contributed by atoms with van der Waals surface area (Å²) in [5, 5.41) is 7.38. The molecular formula is C29H33ClN4O4. The SMILES string of the molecule is CCc1c(Cl)cccc1Nc1c(-c2ccncc2OC[C@H]2COC(C)(C)CO2)[nH]c2c1C(=O)NCC21CC1. The Balaban J connectivity index is 1.40. The number of carbonyl (C=O) groups is 1. The van der Waals surface area contributed by atoms with Crippen LogP contribution >= 0.6 is 11.6 Å². The van der Waals surface area contributed by atoms with Crippen molar-refractivity contribution in [1.29, 1.82) is 0 Å². The molecule has 1 saturated carbocycles. The lowest BCUT2D eigenvalue weighted by molar-refractivity contribution is -0.181. The summed E-state index contributed by atoms with van der Waals surface area (Å²) in [5.74, 6) is 0.518. The number of hydrogen-bond donors (Lipinski definition) is 3. The van der Waals surface area contributed by atoms with Gasteiger partial charge in [-0.3, -0.25) is 9.78 Å². The van der Waals surface area contributed by atoms with Crippen molar-refractivity contribution in [3.05, 3.63) is 58.5 Å². The molecule has 200 valence electrons. The number of rotatable bonds is 7. The molecule has 1 saturated heterocycles. The van der Waals surface area contributed by atoms with Crippen LogP contribution in [0.25, 0.3) is 11.3 Å². The summed E-state index contributed by atoms with van der Waals surface area (Å²) in [7, 11) is 0. The molecule has 38 heavy (non-hydrogen) atoms. The molecule has 9 heteroatoms. The van der Waals surface area contributed by atoms with Crippen LogP contribution in [0.5, 0.6) is 5.75 Å². The molecule has 1 aliphatic carbocycles. The Hall–Kier alpha value is -3.07. The van der Waals surface area contributed by atoms with E-state index in [0.29, 0.717) is 42.7 Å². The van der Waals surface area contributed by atoms with Gasteiger partial charge in [0.25, 0.3) is 5.91 Å². The van der Waals surface area contributed by atoms with Crippen molar-refractivity contribution in [2.45, 2.75) is 57.2 Å². The van der Waals surface area contributed by atoms with E-state index in [-0.39, 0.29) is 23.0 Å². The summed E-state index contributed by atoms with van der Waals surface area (Å²) in [6.07, 6.45) is 6.08. The Kier molecular flexibility index (Phi) is 6.37. The van der Waals surface area contributed by atoms with Gasteiger partial charge in [0.15, 0.2) is 0 Å². The summed E-state index contributed by atoms with van der Waals surface area (Å²) in [4.78, 5) is 21.2. The second-order valence-corrected chi connectivity index (χ2v) is 11.4. The number of halogens is 1. The predicted molar refractivity (Wildman–Crippen MR) is 147 cm³/mol. The number of fused-ring (bicyclic) bond motifs is 2. The molecule has 3 aromatic rings. The number of carbonyl (C=O) groups excluding carboxylic acids is 1. The largest absolute Gasteiger partial charge is 0.488 e. The Bertz CT molecular complexity index is 1370. The average Bonchev–Trinajstić information content (AvgIpc) is 3.58. The van der Waals surface area contributed by atoms with Crippen LogP contribution in [0.4, 0.5) is 11.4 Å². The lowest BCUT2D eigenvalue weighted by atomic mass is 9.93. The van der Waals surface area contributed by atoms with Gasteiger partial charge in [-0.1, -0.05) is 24.6 Å². The highest BCUT2D eigenvalue weighted by atomic mass is 35.5. The van der Waals surface area contributed by atoms with E-state index < -0.39 is 0 Å². The molecular weight excluding hydrogens is 504 g/mol. The zero-order chi connectivity index (χ0) is 26.5. The molecule has 6 rings (SSSR count). The maximum atomic E-state index is 13.3. The molecule has 8 nitrogen and oxygen atoms in total. The fraction of sp³-hybridized carbons (Fsp3) is 0.448. The lowest BCUT2D eigenvalue weighted by Crippen LogP contribution is -2.44. The zero-order valence-corrected chi connectivity index (χ0v) is 22.7. The normalized spacial score (nSPS) is 21.1. The third kappa shape index (κ3) is 4.55. The summed E-state index contributed by atoms with van der Waals surface area (Å²) in [5.41, 5.74) is 5.49. The van der Waals surface area contributed by atoms with E-state index >= 15 is 0 Å². The van der Waals surface area contributed by atoms with Gasteiger partial charge in [0.2, 0.25) is 0 Å². The molecule has 2 fully saturated rings. The van der Waals surface area contributed by atoms with E-state index in [9.17, 15) is 4.79 Å². The number of nitrogens with one attached hydrogen (secondary N) is 3. The number of aromatic nitrogens is 2. The van der Waals surface area contributed by atoms with Gasteiger partial charge in [-0.25, -0.2) is 0 Å². The molecule has 3 N–H and O–H groups in total. The minimum atomic E-state index is -0.295. The Labute approximate surface area is 227 Å². The van der Waals surface area contributed by atoms with E-state index in [4.69, 9.17) is 25.8 Å². The third-order valence-corrected chi connectivity index (χ3v) is 8.09. The van der Waals surface area contributed by atoms with Gasteiger partial charge < -0.3 is 29.8 Å². The van der Waals surface area contributed by atoms with Crippen LogP contribution in [0.2, 0.25) is 5.02 Å². The highest BCUT2D eigenvalue weighted by molar-refractivity contribution is 6.31. The number of nitrogens with zero attached hydrogens (tertiary/aromatic N) is 1. The fourth-order valence-corrected chi connectivity index (χ4v) is 5.64. The molecule has 0 bridgehead atoms. The van der Waals surface area contributed by atoms with Crippen molar-refractivity contribution < 1.29 is 19.0 Å². The summed E-state index contributed by atoms with van der Waals surface area (Å²) in [6.45, 7) is 8.04. The summed E-state index contributed by atoms with van der Waals surface area (Å²) in [6, 6.07) is 7.71. The summed E-state index contributed by atoms with van der Waals surface area (Å²) < 4.78 is 18.1. The highest BCUT2D eigenvalue weighted by Crippen LogP contribution is 2.54. The molecule has 1 atom stereocenters. The number of pyridine rings is 1. The molecule has 2 aliphatic heterocycles. The lowest BCUT2D eigenvalue weighted by Gasteiger charge is -2.34. The van der Waals surface area contributed by atoms with Gasteiger partial charge in [-0.2, -0.15) is 0 Å². The fourth-order valence-electron chi connectivity index (χ4n) is 5.33. The maximum Gasteiger partial charge on any atom is 0.255 e. The first-order chi connectivity index (χ1) is 18.3. The van der Waals surface area contributed by atoms with Crippen LogP contribution in [0, 0.1) is 0 Å². The zero-order valence-electron chi connectivity index (χ0n) is 21.9. The van der Waals surface area contributed by atoms with Crippen LogP contribution in [-0.4, -0.2) is 53.9 Å². The molecule has 3 aliphatic rings. The molecule has 1 amide bonds. The molecule has 4 heterocycles. The van der Waals surface area contributed by atoms with Gasteiger partial charge >= 0.3 is 0 Å². The first-order valence-electron chi connectivity index (χ1n) is 13.2. The van der Waals surface area contributed by atoms with Crippen molar-refractivity contribution in [2.24, 2.45) is 0 Å². The monoisotopic (exact) mass is 536 g/mol. The second-order valence-electron chi connectivity index (χ2n) is 11.0. The number of H-pyrrole nitrogens is 1. The molecule has 0 unspecified atom stereocenters. The second kappa shape index (κ2) is 9.59. The van der Waals surface area contributed by atoms with Gasteiger partial charge in [0.1, 0.15) is 18.5 Å². The number of anilines is 2. The Morgan fingerprint density at radius 2 is 2.11 bits per heavy atom. The minimum absolute atomic E-state index is 0.0476. The van der Waals surface area contributed by atoms with Crippen molar-refractivity contribution in [3.63, 3.8) is 0 Å². The van der Waals surface area contributed by atoms with Gasteiger partial charge in [0.05, 0.1) is 42.0 Å². The first-order valence-corrected chi connectivity index (χ1v) is 13.6. The summed E-state index contributed by atoms with van der Waals surface area (Å²) >= 11 is 6.53. The molecule has 1 aromatic carbocycles. The average molecular weight is 537 g/mol. The molecule has 2 aromatic heterocycles. The highest BCUT2D eigenvalue weighted by Gasteiger charge is 2.51. The van der Waals surface area contributed by atoms with Gasteiger partial charge in [-0.15, -0.1) is 0 Å². The number of amides is 1. The number of hydrogen-bond acceptors (Lipinski definition) is 6. The van der Waals surface area contributed by atoms with Gasteiger partial charge in [0, 0.05) is 40.1 Å². The van der Waals surface area contributed by atoms with E-state index in [1.807, 2.05) is 38.1 Å². The number of benzene rings is 1. The molecule has 0 radical (unpaired) electrons. The first kappa shape index (κ1) is 25.2. The van der Waals surface area contributed by atoms with Crippen molar-refractivity contribution in [1.82, 2.24) is 15.3 Å². The van der Waals surface area contributed by atoms with Crippen LogP contribution in [0.3, 0.4) is 0 Å². The standard InChI is InChI=1S/C29H33ClN4O4/c1-4-18-20(30)6-5-7-21(18)33-25-23-26(29(9-10-29)15-32-27(23)35)34-24(25)19-8-11-31-12-22(19)36-13-17-14-38-28(2,3)16-37-17/h5-8,11-12,17,33-34H,4,9-10,13-16H2,1-3H3,(H,32,35)/t17-/m0/s1. The van der Waals surface area contributed by atoms with E-state index in [1.165, 1.54) is 0 Å². The topological polar surface area (TPSA) is 97.5 Å². The quantitative estimate of drug-likeness (QED) is 0.375. The Morgan fingerprint density at radius 3 is 2.84 bits per heavy atom. The van der Waals surface area contributed by atoms with Crippen molar-refractivity contribution in [3.8, 4) is 17.0 Å². The van der Waals surface area contributed by atoms with E-state index in [1.54, 1.807) is 12.4 Å². The maximum absolute atomic E-state index is 13.3.